The van der Waals surface area contributed by atoms with E-state index < -0.39 is 91.5 Å². The Kier molecular flexibility index (Phi) is 76.8. The fraction of sp³-hybridized carbons (Fsp3) is 0.571. The van der Waals surface area contributed by atoms with E-state index in [4.69, 9.17) is 32.3 Å². The van der Waals surface area contributed by atoms with Gasteiger partial charge in [-0.3, -0.25) is 32.5 Å². The summed E-state index contributed by atoms with van der Waals surface area (Å²) in [7, 11) is -9.85. The lowest BCUT2D eigenvalue weighted by atomic mass is 10.1. The molecule has 5 unspecified atom stereocenters. The van der Waals surface area contributed by atoms with Crippen LogP contribution in [-0.2, 0) is 55.8 Å². The summed E-state index contributed by atoms with van der Waals surface area (Å²) in [6.45, 7) is 2.20. The number of phosphoric acid groups is 2. The highest BCUT2D eigenvalue weighted by Crippen LogP contribution is 2.45. The predicted octanol–water partition coefficient (Wildman–Crippen LogP) is 24.6. The number of unbranched alkanes of at least 4 members (excludes halogenated alkanes) is 16. The number of aliphatic hydroxyl groups is 2. The van der Waals surface area contributed by atoms with E-state index in [1.54, 1.807) is 0 Å². The lowest BCUT2D eigenvalue weighted by Gasteiger charge is -2.21. The van der Waals surface area contributed by atoms with Crippen molar-refractivity contribution in [3.8, 4) is 0 Å². The molecule has 0 radical (unpaired) electrons. The normalized spacial score (nSPS) is 15.0. The minimum Gasteiger partial charge on any atom is -0.463 e. The van der Waals surface area contributed by atoms with E-state index in [0.29, 0.717) is 25.7 Å². The van der Waals surface area contributed by atoms with Crippen molar-refractivity contribution in [2.45, 2.75) is 296 Å². The molecule has 109 heavy (non-hydrogen) atoms. The van der Waals surface area contributed by atoms with Crippen molar-refractivity contribution in [3.63, 3.8) is 0 Å². The van der Waals surface area contributed by atoms with E-state index in [1.165, 1.54) is 25.7 Å². The molecule has 5 atom stereocenters. The molecule has 0 amide bonds. The van der Waals surface area contributed by atoms with E-state index >= 15 is 0 Å². The number of carbonyl (C=O) groups is 3. The lowest BCUT2D eigenvalue weighted by molar-refractivity contribution is -0.161. The summed E-state index contributed by atoms with van der Waals surface area (Å²) >= 11 is 0. The molecule has 0 heterocycles. The molecule has 0 aliphatic heterocycles. The Labute approximate surface area is 660 Å². The van der Waals surface area contributed by atoms with Crippen LogP contribution in [0.25, 0.3) is 0 Å². The number of rotatable bonds is 75. The van der Waals surface area contributed by atoms with Gasteiger partial charge in [-0.05, 0) is 161 Å². The van der Waals surface area contributed by atoms with E-state index in [-0.39, 0.29) is 19.3 Å². The summed E-state index contributed by atoms with van der Waals surface area (Å²) in [6.07, 6.45) is 110. The van der Waals surface area contributed by atoms with Crippen LogP contribution in [0.2, 0.25) is 0 Å². The Hall–Kier alpha value is -6.13. The van der Waals surface area contributed by atoms with Crippen LogP contribution in [0.1, 0.15) is 278 Å². The van der Waals surface area contributed by atoms with E-state index in [2.05, 4.69) is 221 Å². The van der Waals surface area contributed by atoms with Crippen molar-refractivity contribution in [2.75, 3.05) is 39.6 Å². The molecule has 18 heteroatoms. The number of allylic oxidation sites excluding steroid dienone is 36. The Morgan fingerprint density at radius 2 is 0.477 bits per heavy atom. The zero-order valence-corrected chi connectivity index (χ0v) is 68.9. The second kappa shape index (κ2) is 81.4. The number of carbonyl (C=O) groups excluding carboxylic acids is 3. The summed E-state index contributed by atoms with van der Waals surface area (Å²) in [5.74, 6) is -1.71. The van der Waals surface area contributed by atoms with Crippen LogP contribution in [0.3, 0.4) is 0 Å². The average molecular weight is 1560 g/mol. The summed E-state index contributed by atoms with van der Waals surface area (Å²) < 4.78 is 61.1. The molecule has 0 aromatic carbocycles. The molecule has 0 saturated heterocycles. The minimum atomic E-state index is -4.97. The van der Waals surface area contributed by atoms with Gasteiger partial charge in [0.2, 0.25) is 0 Å². The highest BCUT2D eigenvalue weighted by molar-refractivity contribution is 7.47. The molecule has 0 aromatic rings. The largest absolute Gasteiger partial charge is 0.472 e. The molecule has 0 aliphatic rings. The van der Waals surface area contributed by atoms with Crippen molar-refractivity contribution in [3.05, 3.63) is 219 Å². The Bertz CT molecular complexity index is 2860. The SMILES string of the molecule is CC/C=C\C/C=C\C/C=C\C/C=C\C/C=C\C/C=C\CCCCCCCCCCC(=O)OCC(O)COP(=O)(O)OCC(O)COP(=O)(O)OCC(COC(=O)CCCCCCCCCC/C=C\C/C=C\C/C=C\C/C=C\C/C=C\C/C=C\CC)OC(=O)CC/C=C\C/C=C\C/C=C\C/C=C\C/C=C\C/C=C\CC. The van der Waals surface area contributed by atoms with Gasteiger partial charge in [0, 0.05) is 19.3 Å². The zero-order chi connectivity index (χ0) is 79.4. The lowest BCUT2D eigenvalue weighted by Crippen LogP contribution is -2.29. The van der Waals surface area contributed by atoms with Gasteiger partial charge in [-0.25, -0.2) is 9.13 Å². The van der Waals surface area contributed by atoms with E-state index in [1.807, 2.05) is 18.2 Å². The molecule has 4 N–H and O–H groups in total. The summed E-state index contributed by atoms with van der Waals surface area (Å²) in [5, 5.41) is 20.7. The molecule has 0 aliphatic carbocycles. The van der Waals surface area contributed by atoms with Crippen molar-refractivity contribution >= 4 is 33.6 Å². The molecule has 0 fully saturated rings. The fourth-order valence-corrected chi connectivity index (χ4v) is 11.7. The van der Waals surface area contributed by atoms with Gasteiger partial charge >= 0.3 is 33.6 Å². The third kappa shape index (κ3) is 82.7. The fourth-order valence-electron chi connectivity index (χ4n) is 10.1. The van der Waals surface area contributed by atoms with Gasteiger partial charge in [0.25, 0.3) is 0 Å². The molecule has 0 aromatic heterocycles. The maximum Gasteiger partial charge on any atom is 0.472 e. The molecular formula is C91H144O16P2. The number of aliphatic hydroxyl groups excluding tert-OH is 2. The molecule has 614 valence electrons. The number of phosphoric ester groups is 2. The Balaban J connectivity index is 4.74. The van der Waals surface area contributed by atoms with Crippen LogP contribution in [0.4, 0.5) is 0 Å². The third-order valence-corrected chi connectivity index (χ3v) is 18.1. The van der Waals surface area contributed by atoms with Crippen molar-refractivity contribution < 1.29 is 75.8 Å². The number of ether oxygens (including phenoxy) is 3. The molecular weight excluding hydrogens is 1410 g/mol. The second-order valence-electron chi connectivity index (χ2n) is 26.4. The number of hydrogen-bond donors (Lipinski definition) is 4. The monoisotopic (exact) mass is 1550 g/mol. The minimum absolute atomic E-state index is 0.0320. The van der Waals surface area contributed by atoms with Crippen LogP contribution in [0.5, 0.6) is 0 Å². The quantitative estimate of drug-likeness (QED) is 0.0146. The zero-order valence-electron chi connectivity index (χ0n) is 67.1. The van der Waals surface area contributed by atoms with Crippen LogP contribution in [-0.4, -0.2) is 95.9 Å². The summed E-state index contributed by atoms with van der Waals surface area (Å²) in [5.41, 5.74) is 0. The topological polar surface area (TPSA) is 231 Å². The van der Waals surface area contributed by atoms with Gasteiger partial charge in [0.15, 0.2) is 6.10 Å². The van der Waals surface area contributed by atoms with Crippen LogP contribution in [0.15, 0.2) is 219 Å². The average Bonchev–Trinajstić information content (AvgIpc) is 0.947. The number of esters is 3. The first-order valence-electron chi connectivity index (χ1n) is 41.0. The number of hydrogen-bond acceptors (Lipinski definition) is 14. The third-order valence-electron chi connectivity index (χ3n) is 16.2. The van der Waals surface area contributed by atoms with Gasteiger partial charge in [-0.1, -0.05) is 317 Å². The molecule has 16 nitrogen and oxygen atoms in total. The summed E-state index contributed by atoms with van der Waals surface area (Å²) in [6, 6.07) is 0. The van der Waals surface area contributed by atoms with Gasteiger partial charge in [0.05, 0.1) is 26.4 Å². The van der Waals surface area contributed by atoms with Crippen molar-refractivity contribution in [2.24, 2.45) is 0 Å². The van der Waals surface area contributed by atoms with Gasteiger partial charge in [0.1, 0.15) is 25.4 Å². The molecule has 0 spiro atoms. The first-order valence-corrected chi connectivity index (χ1v) is 44.0. The van der Waals surface area contributed by atoms with Crippen LogP contribution in [0, 0.1) is 0 Å². The van der Waals surface area contributed by atoms with E-state index in [9.17, 15) is 43.5 Å². The molecule has 0 bridgehead atoms. The highest BCUT2D eigenvalue weighted by atomic mass is 31.2. The highest BCUT2D eigenvalue weighted by Gasteiger charge is 2.29. The second-order valence-corrected chi connectivity index (χ2v) is 29.3. The maximum atomic E-state index is 13.0. The standard InChI is InChI=1S/C91H144O16P2/c1-4-7-10-13-16-19-22-25-28-31-34-36-38-40-42-44-46-48-51-53-56-59-62-65-68-71-74-77-89(94)101-80-86(92)81-103-108(97,98)104-82-87(93)83-105-109(99,100)106-85-88(107-91(96)79-76-73-70-67-64-61-58-55-50-33-30-27-24-21-18-15-12-9-6-3)84-102-90(95)78-75-72-69-66-63-60-57-54-52-49-47-45-43-41-39-37-35-32-29-26-23-20-17-14-11-8-5-2/h7-12,16-21,25-30,34-37,40-43,46-50,55,61,64,70,73,86-88,92-93H,4-6,13-15,22-24,31-33,38-39,44-45,51-54,56-60,62-63,65-69,71-72,74-85H2,1-3H3,(H,97,98)(H,99,100)/b10-7-,11-8-,12-9-,19-16-,20-17-,21-18-,28-25-,29-26-,30-27-,36-34-,37-35-,42-40-,43-41-,48-46-,49-47-,55-50-,64-61-,73-70-. The smallest absolute Gasteiger partial charge is 0.463 e. The maximum absolute atomic E-state index is 13.0. The first kappa shape index (κ1) is 103. The van der Waals surface area contributed by atoms with Crippen molar-refractivity contribution in [1.82, 2.24) is 0 Å². The molecule has 0 saturated carbocycles. The Morgan fingerprint density at radius 3 is 0.761 bits per heavy atom. The van der Waals surface area contributed by atoms with Crippen LogP contribution >= 0.6 is 15.6 Å². The predicted molar refractivity (Wildman–Crippen MR) is 453 cm³/mol. The van der Waals surface area contributed by atoms with E-state index in [0.717, 1.165) is 186 Å². The van der Waals surface area contributed by atoms with Crippen LogP contribution < -0.4 is 0 Å². The first-order chi connectivity index (χ1) is 53.2. The summed E-state index contributed by atoms with van der Waals surface area (Å²) in [4.78, 5) is 58.8. The Morgan fingerprint density at radius 1 is 0.257 bits per heavy atom. The molecule has 0 rings (SSSR count). The van der Waals surface area contributed by atoms with Gasteiger partial charge in [-0.2, -0.15) is 0 Å². The van der Waals surface area contributed by atoms with Gasteiger partial charge in [-0.15, -0.1) is 0 Å². The van der Waals surface area contributed by atoms with Crippen molar-refractivity contribution in [1.29, 1.82) is 0 Å². The van der Waals surface area contributed by atoms with Gasteiger partial charge < -0.3 is 34.2 Å².